The van der Waals surface area contributed by atoms with Crippen molar-refractivity contribution in [1.82, 2.24) is 0 Å². The van der Waals surface area contributed by atoms with Gasteiger partial charge in [0.15, 0.2) is 11.9 Å². The molecule has 10 N–H and O–H groups in total. The third-order valence-electron chi connectivity index (χ3n) is 11.9. The van der Waals surface area contributed by atoms with Crippen molar-refractivity contribution in [2.45, 2.75) is 116 Å². The number of ether oxygens (including phenoxy) is 2. The summed E-state index contributed by atoms with van der Waals surface area (Å²) in [6, 6.07) is 16.3. The highest BCUT2D eigenvalue weighted by molar-refractivity contribution is 7.99. The predicted molar refractivity (Wildman–Crippen MR) is 233 cm³/mol. The molecule has 0 fully saturated rings. The number of thioether (sulfide) groups is 1. The van der Waals surface area contributed by atoms with E-state index in [1.165, 1.54) is 0 Å². The van der Waals surface area contributed by atoms with Crippen molar-refractivity contribution in [3.63, 3.8) is 0 Å². The van der Waals surface area contributed by atoms with E-state index >= 15 is 0 Å². The van der Waals surface area contributed by atoms with E-state index in [2.05, 4.69) is 48.7 Å². The Balaban J connectivity index is 0.00000600. The Labute approximate surface area is 341 Å². The zero-order chi connectivity index (χ0) is 40.0. The van der Waals surface area contributed by atoms with Crippen molar-refractivity contribution in [1.29, 1.82) is 10.8 Å². The highest BCUT2D eigenvalue weighted by atomic mass is 35.5. The molecule has 4 aromatic carbocycles. The van der Waals surface area contributed by atoms with Gasteiger partial charge in [-0.15, -0.1) is 24.2 Å². The van der Waals surface area contributed by atoms with Crippen LogP contribution in [0.3, 0.4) is 0 Å². The summed E-state index contributed by atoms with van der Waals surface area (Å²) in [7, 11) is 0. The molecule has 10 nitrogen and oxygen atoms in total. The van der Waals surface area contributed by atoms with Crippen LogP contribution < -0.4 is 31.6 Å². The van der Waals surface area contributed by atoms with E-state index in [0.717, 1.165) is 104 Å². The Hall–Kier alpha value is -4.74. The summed E-state index contributed by atoms with van der Waals surface area (Å²) < 4.78 is 14.0. The lowest BCUT2D eigenvalue weighted by Crippen LogP contribution is -2.39. The maximum absolute atomic E-state index is 10.8. The Morgan fingerprint density at radius 1 is 0.643 bits per heavy atom. The second-order valence-corrected chi connectivity index (χ2v) is 17.4. The van der Waals surface area contributed by atoms with Gasteiger partial charge in [-0.1, -0.05) is 24.3 Å². The number of benzene rings is 4. The van der Waals surface area contributed by atoms with Gasteiger partial charge in [-0.3, -0.25) is 10.8 Å². The maximum atomic E-state index is 10.8. The van der Waals surface area contributed by atoms with Gasteiger partial charge in [0.25, 0.3) is 0 Å². The first-order chi connectivity index (χ1) is 25.9. The summed E-state index contributed by atoms with van der Waals surface area (Å²) in [5.74, 6) is 2.22. The number of halogens is 1. The predicted octanol–water partition coefficient (Wildman–Crippen LogP) is 9.84. The van der Waals surface area contributed by atoms with Crippen molar-refractivity contribution < 1.29 is 19.7 Å². The largest absolute Gasteiger partial charge is 0.507 e. The van der Waals surface area contributed by atoms with Crippen LogP contribution in [-0.4, -0.2) is 33.3 Å². The first kappa shape index (κ1) is 42.4. The Bertz CT molecular complexity index is 1990. The number of hydrogen-bond donors (Lipinski definition) is 8. The Morgan fingerprint density at radius 3 is 1.30 bits per heavy atom. The fourth-order valence-electron chi connectivity index (χ4n) is 8.22. The summed E-state index contributed by atoms with van der Waals surface area (Å²) in [6.07, 6.45) is 4.63. The first-order valence-electron chi connectivity index (χ1n) is 19.0. The minimum Gasteiger partial charge on any atom is -0.507 e. The van der Waals surface area contributed by atoms with Crippen molar-refractivity contribution in [3.05, 3.63) is 104 Å². The average Bonchev–Trinajstić information content (AvgIpc) is 3.14. The smallest absolute Gasteiger partial charge is 0.190 e. The van der Waals surface area contributed by atoms with Crippen LogP contribution in [0.15, 0.2) is 48.5 Å². The van der Waals surface area contributed by atoms with Gasteiger partial charge in [0.1, 0.15) is 34.2 Å². The van der Waals surface area contributed by atoms with E-state index < -0.39 is 11.2 Å². The van der Waals surface area contributed by atoms with E-state index in [0.29, 0.717) is 24.3 Å². The molecule has 0 radical (unpaired) electrons. The molecule has 2 aliphatic rings. The van der Waals surface area contributed by atoms with Crippen LogP contribution in [0.1, 0.15) is 106 Å². The molecular weight excluding hydrogens is 744 g/mol. The van der Waals surface area contributed by atoms with Gasteiger partial charge >= 0.3 is 0 Å². The second-order valence-electron chi connectivity index (χ2n) is 16.0. The van der Waals surface area contributed by atoms with Gasteiger partial charge in [0, 0.05) is 45.8 Å². The molecule has 2 aliphatic heterocycles. The van der Waals surface area contributed by atoms with Gasteiger partial charge in [-0.05, 0) is 150 Å². The van der Waals surface area contributed by atoms with Crippen LogP contribution in [0.2, 0.25) is 0 Å². The number of hydrogen-bond acceptors (Lipinski definition) is 7. The fourth-order valence-corrected chi connectivity index (χ4v) is 10.1. The molecule has 56 heavy (non-hydrogen) atoms. The standard InChI is InChI=1S/C44H56N6O4S.ClH/c1-23-25(3)39-33(27(5)37(23)51)17-19-43(7,53-39)21-35(29-9-13-31(14-10-29)49-41(45)46)55-36(30-11-15-32(16-12-30)50-42(47)48)22-44(8)20-18-34-28(6)38(52)24(2)26(4)40(34)54-44;/h9-16,35-36,51-52H,17-22H2,1-8H3,(H4,45,46,49)(H4,47,48,50);1H. The molecule has 0 aliphatic carbocycles. The molecule has 300 valence electrons. The van der Waals surface area contributed by atoms with E-state index in [4.69, 9.17) is 31.8 Å². The SMILES string of the molecule is Cc1c(C)c2c(c(C)c1O)CCC(C)(CC(SC(CC1(C)CCc3c(C)c(O)c(C)c(C)c3O1)c1ccc(NC(=N)N)cc1)c1ccc(NC(=N)N)cc1)O2.Cl. The number of aromatic hydroxyl groups is 2. The van der Waals surface area contributed by atoms with Crippen LogP contribution in [0, 0.1) is 52.4 Å². The average molecular weight is 801 g/mol. The number of nitrogens with two attached hydrogens (primary N) is 2. The molecule has 12 heteroatoms. The lowest BCUT2D eigenvalue weighted by Gasteiger charge is -2.42. The topological polar surface area (TPSA) is 183 Å². The highest BCUT2D eigenvalue weighted by Crippen LogP contribution is 2.53. The molecule has 2 heterocycles. The monoisotopic (exact) mass is 800 g/mol. The number of rotatable bonds is 10. The number of anilines is 2. The second kappa shape index (κ2) is 16.4. The Morgan fingerprint density at radius 2 is 0.982 bits per heavy atom. The van der Waals surface area contributed by atoms with Crippen molar-refractivity contribution in [2.24, 2.45) is 11.5 Å². The van der Waals surface area contributed by atoms with Crippen molar-refractivity contribution >= 4 is 47.5 Å². The number of guanidine groups is 2. The van der Waals surface area contributed by atoms with Crippen LogP contribution in [0.25, 0.3) is 0 Å². The van der Waals surface area contributed by atoms with Gasteiger partial charge in [0.05, 0.1) is 0 Å². The third kappa shape index (κ3) is 8.64. The normalized spacial score (nSPS) is 19.6. The molecule has 0 amide bonds. The fraction of sp³-hybridized carbons (Fsp3) is 0.409. The lowest BCUT2D eigenvalue weighted by molar-refractivity contribution is 0.0524. The van der Waals surface area contributed by atoms with Gasteiger partial charge in [0.2, 0.25) is 0 Å². The molecule has 4 atom stereocenters. The zero-order valence-electron chi connectivity index (χ0n) is 33.7. The molecule has 4 unspecified atom stereocenters. The molecule has 0 saturated carbocycles. The van der Waals surface area contributed by atoms with Gasteiger partial charge in [-0.2, -0.15) is 0 Å². The summed E-state index contributed by atoms with van der Waals surface area (Å²) in [6.45, 7) is 16.3. The molecule has 6 rings (SSSR count). The minimum absolute atomic E-state index is 0. The van der Waals surface area contributed by atoms with E-state index in [1.54, 1.807) is 0 Å². The van der Waals surface area contributed by atoms with Gasteiger partial charge in [-0.25, -0.2) is 0 Å². The number of nitrogens with one attached hydrogen (secondary N) is 4. The number of phenolic OH excluding ortho intramolecular Hbond substituents is 2. The molecule has 0 saturated heterocycles. The number of phenols is 2. The van der Waals surface area contributed by atoms with Crippen molar-refractivity contribution in [2.75, 3.05) is 10.6 Å². The number of fused-ring (bicyclic) bond motifs is 2. The summed E-state index contributed by atoms with van der Waals surface area (Å²) in [4.78, 5) is 0. The van der Waals surface area contributed by atoms with E-state index in [1.807, 2.05) is 77.6 Å². The highest BCUT2D eigenvalue weighted by Gasteiger charge is 2.41. The summed E-state index contributed by atoms with van der Waals surface area (Å²) >= 11 is 1.89. The molecule has 0 aromatic heterocycles. The minimum atomic E-state index is -0.500. The Kier molecular flexibility index (Phi) is 12.4. The maximum Gasteiger partial charge on any atom is 0.190 e. The lowest BCUT2D eigenvalue weighted by atomic mass is 9.84. The molecule has 4 aromatic rings. The summed E-state index contributed by atoms with van der Waals surface area (Å²) in [5.41, 5.74) is 21.7. The van der Waals surface area contributed by atoms with Crippen LogP contribution >= 0.6 is 24.2 Å². The molecule has 0 spiro atoms. The van der Waals surface area contributed by atoms with Crippen LogP contribution in [-0.2, 0) is 12.8 Å². The van der Waals surface area contributed by atoms with Crippen molar-refractivity contribution in [3.8, 4) is 23.0 Å². The van der Waals surface area contributed by atoms with E-state index in [-0.39, 0.29) is 34.8 Å². The summed E-state index contributed by atoms with van der Waals surface area (Å²) in [5, 5.41) is 43.0. The third-order valence-corrected chi connectivity index (χ3v) is 13.4. The molecular formula is C44H57ClN6O4S. The van der Waals surface area contributed by atoms with Crippen LogP contribution in [0.4, 0.5) is 11.4 Å². The quantitative estimate of drug-likeness (QED) is 0.0572. The van der Waals surface area contributed by atoms with E-state index in [9.17, 15) is 10.2 Å². The first-order valence-corrected chi connectivity index (χ1v) is 19.9. The zero-order valence-corrected chi connectivity index (χ0v) is 35.3. The molecule has 0 bridgehead atoms. The van der Waals surface area contributed by atoms with Crippen LogP contribution in [0.5, 0.6) is 23.0 Å². The van der Waals surface area contributed by atoms with Gasteiger partial charge < -0.3 is 41.8 Å².